The highest BCUT2D eigenvalue weighted by Crippen LogP contribution is 2.21. The van der Waals surface area contributed by atoms with Gasteiger partial charge < -0.3 is 5.73 Å². The number of halogens is 3. The maximum absolute atomic E-state index is 11.9. The number of nitrogens with two attached hydrogens (primary N) is 1. The van der Waals surface area contributed by atoms with Gasteiger partial charge in [0.05, 0.1) is 0 Å². The van der Waals surface area contributed by atoms with Gasteiger partial charge in [0.1, 0.15) is 6.04 Å². The van der Waals surface area contributed by atoms with Gasteiger partial charge >= 0.3 is 0 Å². The summed E-state index contributed by atoms with van der Waals surface area (Å²) < 4.78 is 23.7. The van der Waals surface area contributed by atoms with Gasteiger partial charge in [0.2, 0.25) is 0 Å². The topological polar surface area (TPSA) is 26.0 Å². The van der Waals surface area contributed by atoms with Crippen molar-refractivity contribution in [2.75, 3.05) is 0 Å². The van der Waals surface area contributed by atoms with E-state index in [-0.39, 0.29) is 12.4 Å². The van der Waals surface area contributed by atoms with Crippen LogP contribution in [0.5, 0.6) is 0 Å². The number of hydrogen-bond donors (Lipinski definition) is 1. The molecule has 0 aliphatic carbocycles. The second-order valence-corrected chi connectivity index (χ2v) is 2.85. The van der Waals surface area contributed by atoms with E-state index in [1.807, 2.05) is 0 Å². The molecule has 0 aliphatic heterocycles. The van der Waals surface area contributed by atoms with Crippen molar-refractivity contribution in [3.8, 4) is 0 Å². The Morgan fingerprint density at radius 2 is 2.09 bits per heavy atom. The fourth-order valence-electron chi connectivity index (χ4n) is 0.605. The minimum absolute atomic E-state index is 0. The molecule has 0 aromatic carbocycles. The Morgan fingerprint density at radius 3 is 2.45 bits per heavy atom. The largest absolute Gasteiger partial charge is 0.319 e. The summed E-state index contributed by atoms with van der Waals surface area (Å²) in [7, 11) is 0. The number of rotatable bonds is 2. The second kappa shape index (κ2) is 4.64. The van der Waals surface area contributed by atoms with E-state index in [9.17, 15) is 8.78 Å². The normalized spacial score (nSPS) is 12.7. The third kappa shape index (κ3) is 2.73. The van der Waals surface area contributed by atoms with Crippen LogP contribution in [0.15, 0.2) is 17.5 Å². The summed E-state index contributed by atoms with van der Waals surface area (Å²) in [6.45, 7) is 0. The predicted molar refractivity (Wildman–Crippen MR) is 44.5 cm³/mol. The zero-order valence-corrected chi connectivity index (χ0v) is 7.17. The quantitative estimate of drug-likeness (QED) is 0.778. The third-order valence-electron chi connectivity index (χ3n) is 1.14. The van der Waals surface area contributed by atoms with E-state index in [1.165, 1.54) is 11.3 Å². The van der Waals surface area contributed by atoms with Crippen LogP contribution < -0.4 is 5.73 Å². The van der Waals surface area contributed by atoms with E-state index < -0.39 is 12.5 Å². The van der Waals surface area contributed by atoms with Crippen molar-refractivity contribution in [2.45, 2.75) is 12.5 Å². The summed E-state index contributed by atoms with van der Waals surface area (Å²) in [5, 5.41) is 1.73. The van der Waals surface area contributed by atoms with E-state index in [1.54, 1.807) is 17.5 Å². The van der Waals surface area contributed by atoms with E-state index >= 15 is 0 Å². The Balaban J connectivity index is 0.000001000. The first kappa shape index (κ1) is 10.8. The van der Waals surface area contributed by atoms with Crippen molar-refractivity contribution in [2.24, 2.45) is 5.73 Å². The Morgan fingerprint density at radius 1 is 1.45 bits per heavy atom. The Hall–Kier alpha value is -0.190. The monoisotopic (exact) mass is 199 g/mol. The molecule has 64 valence electrons. The summed E-state index contributed by atoms with van der Waals surface area (Å²) >= 11 is 1.25. The fraction of sp³-hybridized carbons (Fsp3) is 0.333. The van der Waals surface area contributed by atoms with Crippen LogP contribution in [0, 0.1) is 0 Å². The first-order chi connectivity index (χ1) is 4.72. The van der Waals surface area contributed by atoms with Crippen molar-refractivity contribution in [1.82, 2.24) is 0 Å². The molecule has 5 heteroatoms. The maximum Gasteiger partial charge on any atom is 0.258 e. The van der Waals surface area contributed by atoms with Crippen LogP contribution in [0.25, 0.3) is 0 Å². The maximum atomic E-state index is 11.9. The van der Waals surface area contributed by atoms with Crippen molar-refractivity contribution in [3.05, 3.63) is 22.4 Å². The minimum atomic E-state index is -2.46. The van der Waals surface area contributed by atoms with E-state index in [0.717, 1.165) is 0 Å². The molecule has 0 fully saturated rings. The van der Waals surface area contributed by atoms with Gasteiger partial charge in [-0.2, -0.15) is 0 Å². The molecule has 0 radical (unpaired) electrons. The van der Waals surface area contributed by atoms with Gasteiger partial charge in [-0.1, -0.05) is 6.07 Å². The summed E-state index contributed by atoms with van der Waals surface area (Å²) in [6.07, 6.45) is -2.46. The van der Waals surface area contributed by atoms with Gasteiger partial charge in [-0.05, 0) is 11.4 Å². The minimum Gasteiger partial charge on any atom is -0.319 e. The van der Waals surface area contributed by atoms with Gasteiger partial charge in [-0.25, -0.2) is 8.78 Å². The molecule has 0 aliphatic rings. The summed E-state index contributed by atoms with van der Waals surface area (Å²) in [4.78, 5) is 0.537. The van der Waals surface area contributed by atoms with Crippen molar-refractivity contribution >= 4 is 23.7 Å². The third-order valence-corrected chi connectivity index (χ3v) is 2.12. The van der Waals surface area contributed by atoms with Gasteiger partial charge in [0.15, 0.2) is 0 Å². The molecule has 1 heterocycles. The van der Waals surface area contributed by atoms with Crippen LogP contribution in [0.3, 0.4) is 0 Å². The SMILES string of the molecule is Cl.NC(c1cccs1)C(F)F. The number of alkyl halides is 2. The van der Waals surface area contributed by atoms with Crippen LogP contribution in [-0.2, 0) is 0 Å². The molecule has 1 aromatic rings. The average molecular weight is 200 g/mol. The highest BCUT2D eigenvalue weighted by molar-refractivity contribution is 7.10. The molecule has 0 amide bonds. The average Bonchev–Trinajstić information content (AvgIpc) is 2.36. The molecule has 1 aromatic heterocycles. The molecular weight excluding hydrogens is 192 g/mol. The summed E-state index contributed by atoms with van der Waals surface area (Å²) in [5.74, 6) is 0. The molecule has 0 bridgehead atoms. The Labute approximate surface area is 73.6 Å². The van der Waals surface area contributed by atoms with Crippen LogP contribution in [-0.4, -0.2) is 6.43 Å². The van der Waals surface area contributed by atoms with Gasteiger partial charge in [-0.3, -0.25) is 0 Å². The van der Waals surface area contributed by atoms with E-state index in [0.29, 0.717) is 4.88 Å². The summed E-state index contributed by atoms with van der Waals surface area (Å²) in [5.41, 5.74) is 5.14. The second-order valence-electron chi connectivity index (χ2n) is 1.88. The van der Waals surface area contributed by atoms with Crippen LogP contribution >= 0.6 is 23.7 Å². The highest BCUT2D eigenvalue weighted by Gasteiger charge is 2.17. The van der Waals surface area contributed by atoms with E-state index in [2.05, 4.69) is 0 Å². The lowest BCUT2D eigenvalue weighted by Crippen LogP contribution is -2.17. The van der Waals surface area contributed by atoms with Crippen molar-refractivity contribution in [1.29, 1.82) is 0 Å². The lowest BCUT2D eigenvalue weighted by molar-refractivity contribution is 0.118. The first-order valence-corrected chi connectivity index (χ1v) is 3.67. The Kier molecular flexibility index (Phi) is 4.56. The first-order valence-electron chi connectivity index (χ1n) is 2.79. The van der Waals surface area contributed by atoms with Gasteiger partial charge in [-0.15, -0.1) is 23.7 Å². The molecule has 0 spiro atoms. The number of hydrogen-bond acceptors (Lipinski definition) is 2. The molecule has 11 heavy (non-hydrogen) atoms. The van der Waals surface area contributed by atoms with Gasteiger partial charge in [0.25, 0.3) is 6.43 Å². The molecule has 2 N–H and O–H groups in total. The van der Waals surface area contributed by atoms with Crippen LogP contribution in [0.1, 0.15) is 10.9 Å². The fourth-order valence-corrected chi connectivity index (χ4v) is 1.34. The molecule has 0 saturated carbocycles. The standard InChI is InChI=1S/C6H7F2NS.ClH/c7-6(8)5(9)4-2-1-3-10-4;/h1-3,5-6H,9H2;1H. The van der Waals surface area contributed by atoms with Crippen LogP contribution in [0.2, 0.25) is 0 Å². The Bertz CT molecular complexity index is 190. The van der Waals surface area contributed by atoms with E-state index in [4.69, 9.17) is 5.73 Å². The number of thiophene rings is 1. The van der Waals surface area contributed by atoms with Crippen LogP contribution in [0.4, 0.5) is 8.78 Å². The van der Waals surface area contributed by atoms with Crippen molar-refractivity contribution < 1.29 is 8.78 Å². The summed E-state index contributed by atoms with van der Waals surface area (Å²) in [6, 6.07) is 2.21. The lowest BCUT2D eigenvalue weighted by Gasteiger charge is -2.05. The lowest BCUT2D eigenvalue weighted by atomic mass is 10.3. The zero-order chi connectivity index (χ0) is 7.56. The highest BCUT2D eigenvalue weighted by atomic mass is 35.5. The molecule has 1 unspecified atom stereocenters. The molecule has 1 nitrogen and oxygen atoms in total. The predicted octanol–water partition coefficient (Wildman–Crippen LogP) is 2.43. The molecular formula is C6H8ClF2NS. The van der Waals surface area contributed by atoms with Crippen molar-refractivity contribution in [3.63, 3.8) is 0 Å². The molecule has 1 atom stereocenters. The van der Waals surface area contributed by atoms with Gasteiger partial charge in [0, 0.05) is 4.88 Å². The molecule has 0 saturated heterocycles. The molecule has 1 rings (SSSR count). The smallest absolute Gasteiger partial charge is 0.258 e. The zero-order valence-electron chi connectivity index (χ0n) is 5.54.